The van der Waals surface area contributed by atoms with Crippen LogP contribution in [0.2, 0.25) is 0 Å². The van der Waals surface area contributed by atoms with Crippen molar-refractivity contribution in [1.29, 1.82) is 0 Å². The van der Waals surface area contributed by atoms with Gasteiger partial charge in [0.25, 0.3) is 0 Å². The second-order valence-electron chi connectivity index (χ2n) is 6.42. The molecule has 1 aromatic carbocycles. The summed E-state index contributed by atoms with van der Waals surface area (Å²) in [5, 5.41) is 6.30. The molecule has 1 atom stereocenters. The van der Waals surface area contributed by atoms with Gasteiger partial charge in [-0.05, 0) is 36.4 Å². The Hall–Kier alpha value is -1.93. The van der Waals surface area contributed by atoms with Crippen LogP contribution < -0.4 is 20.3 Å². The number of nitrogens with one attached hydrogen (secondary N) is 2. The van der Waals surface area contributed by atoms with Gasteiger partial charge < -0.3 is 25.2 Å². The predicted molar refractivity (Wildman–Crippen MR) is 125 cm³/mol. The summed E-state index contributed by atoms with van der Waals surface area (Å²) in [6, 6.07) is 11.3. The van der Waals surface area contributed by atoms with Gasteiger partial charge in [0.15, 0.2) is 0 Å². The van der Waals surface area contributed by atoms with Gasteiger partial charge in [0.1, 0.15) is 12.4 Å². The third-order valence-corrected chi connectivity index (χ3v) is 4.32. The first-order valence-electron chi connectivity index (χ1n) is 8.72. The lowest BCUT2D eigenvalue weighted by Gasteiger charge is -2.35. The molecule has 0 saturated carbocycles. The summed E-state index contributed by atoms with van der Waals surface area (Å²) in [6.45, 7) is 2.54. The van der Waals surface area contributed by atoms with E-state index in [-0.39, 0.29) is 49.3 Å². The molecule has 0 bridgehead atoms. The molecule has 2 aromatic rings. The number of ether oxygens (including phenoxy) is 1. The van der Waals surface area contributed by atoms with E-state index in [4.69, 9.17) is 4.74 Å². The number of carbonyl (C=O) groups is 1. The van der Waals surface area contributed by atoms with Gasteiger partial charge in [-0.25, -0.2) is 4.79 Å². The molecule has 0 spiro atoms. The summed E-state index contributed by atoms with van der Waals surface area (Å²) in [4.78, 5) is 20.6. The minimum atomic E-state index is -0.108. The van der Waals surface area contributed by atoms with Crippen LogP contribution in [0.4, 0.5) is 16.2 Å². The molecule has 0 aliphatic carbocycles. The van der Waals surface area contributed by atoms with Gasteiger partial charge in [-0.3, -0.25) is 4.98 Å². The Morgan fingerprint density at radius 3 is 2.59 bits per heavy atom. The van der Waals surface area contributed by atoms with Crippen LogP contribution in [0.5, 0.6) is 5.75 Å². The Kier molecular flexibility index (Phi) is 12.4. The number of amides is 2. The second-order valence-corrected chi connectivity index (χ2v) is 6.42. The summed E-state index contributed by atoms with van der Waals surface area (Å²) < 4.78 is 5.79. The van der Waals surface area contributed by atoms with Crippen LogP contribution >= 0.6 is 37.2 Å². The number of hydrogen-bond donors (Lipinski definition) is 2. The Labute approximate surface area is 190 Å². The Balaban J connectivity index is 0.00000261. The van der Waals surface area contributed by atoms with E-state index >= 15 is 0 Å². The molecule has 1 fully saturated rings. The summed E-state index contributed by atoms with van der Waals surface area (Å²) in [5.41, 5.74) is 1.87. The van der Waals surface area contributed by atoms with Crippen LogP contribution in [-0.2, 0) is 0 Å². The zero-order valence-electron chi connectivity index (χ0n) is 16.4. The maximum absolute atomic E-state index is 12.7. The van der Waals surface area contributed by atoms with Crippen molar-refractivity contribution in [2.75, 3.05) is 50.6 Å². The van der Waals surface area contributed by atoms with E-state index in [1.165, 1.54) is 0 Å². The fourth-order valence-electron chi connectivity index (χ4n) is 2.84. The Bertz CT molecular complexity index is 720. The minimum absolute atomic E-state index is 0. The predicted octanol–water partition coefficient (Wildman–Crippen LogP) is 3.30. The molecule has 162 valence electrons. The van der Waals surface area contributed by atoms with Crippen LogP contribution in [0.15, 0.2) is 48.8 Å². The molecular weight excluding hydrogens is 437 g/mol. The first kappa shape index (κ1) is 27.1. The van der Waals surface area contributed by atoms with Crippen molar-refractivity contribution in [1.82, 2.24) is 15.2 Å². The van der Waals surface area contributed by atoms with Crippen LogP contribution in [0.3, 0.4) is 0 Å². The van der Waals surface area contributed by atoms with Crippen molar-refractivity contribution < 1.29 is 9.53 Å². The molecule has 1 unspecified atom stereocenters. The van der Waals surface area contributed by atoms with E-state index in [1.54, 1.807) is 12.4 Å². The zero-order valence-corrected chi connectivity index (χ0v) is 18.9. The van der Waals surface area contributed by atoms with Gasteiger partial charge in [0, 0.05) is 51.3 Å². The molecular formula is C19H28Cl3N5O2. The van der Waals surface area contributed by atoms with Crippen molar-refractivity contribution in [2.24, 2.45) is 0 Å². The van der Waals surface area contributed by atoms with E-state index in [2.05, 4.69) is 15.6 Å². The second kappa shape index (κ2) is 13.3. The molecule has 2 N–H and O–H groups in total. The number of pyridine rings is 1. The minimum Gasteiger partial charge on any atom is -0.490 e. The van der Waals surface area contributed by atoms with Gasteiger partial charge in [0.2, 0.25) is 0 Å². The van der Waals surface area contributed by atoms with Gasteiger partial charge in [-0.1, -0.05) is 0 Å². The normalized spacial score (nSPS) is 15.1. The number of piperazine rings is 1. The first-order valence-corrected chi connectivity index (χ1v) is 8.72. The van der Waals surface area contributed by atoms with E-state index in [0.717, 1.165) is 17.9 Å². The van der Waals surface area contributed by atoms with E-state index in [9.17, 15) is 4.79 Å². The van der Waals surface area contributed by atoms with Gasteiger partial charge in [0.05, 0.1) is 12.2 Å². The molecule has 10 heteroatoms. The van der Waals surface area contributed by atoms with Crippen molar-refractivity contribution >= 4 is 54.6 Å². The number of nitrogens with zero attached hydrogens (tertiary/aromatic N) is 3. The quantitative estimate of drug-likeness (QED) is 0.710. The zero-order chi connectivity index (χ0) is 18.4. The van der Waals surface area contributed by atoms with E-state index in [1.807, 2.05) is 60.3 Å². The SMILES string of the molecule is CN(C)c1ccc(NC(=O)N2CCNCC2COc2cccnc2)cc1.Cl.Cl.Cl. The van der Waals surface area contributed by atoms with Gasteiger partial charge >= 0.3 is 6.03 Å². The number of benzene rings is 1. The molecule has 3 rings (SSSR count). The van der Waals surface area contributed by atoms with Crippen LogP contribution in [-0.4, -0.2) is 62.3 Å². The molecule has 7 nitrogen and oxygen atoms in total. The van der Waals surface area contributed by atoms with Gasteiger partial charge in [-0.15, -0.1) is 37.2 Å². The van der Waals surface area contributed by atoms with Crippen molar-refractivity contribution in [3.63, 3.8) is 0 Å². The van der Waals surface area contributed by atoms with Crippen LogP contribution in [0.1, 0.15) is 0 Å². The highest BCUT2D eigenvalue weighted by molar-refractivity contribution is 5.90. The molecule has 29 heavy (non-hydrogen) atoms. The topological polar surface area (TPSA) is 69.7 Å². The standard InChI is InChI=1S/C19H25N5O2.3ClH/c1-23(2)16-7-5-15(6-8-16)22-19(25)24-11-10-21-12-17(24)14-26-18-4-3-9-20-13-18;;;/h3-9,13,17,21H,10-12,14H2,1-2H3,(H,22,25);3*1H. The maximum Gasteiger partial charge on any atom is 0.322 e. The van der Waals surface area contributed by atoms with E-state index in [0.29, 0.717) is 25.4 Å². The third-order valence-electron chi connectivity index (χ3n) is 4.32. The molecule has 0 radical (unpaired) electrons. The van der Waals surface area contributed by atoms with Crippen molar-refractivity contribution in [3.05, 3.63) is 48.8 Å². The first-order chi connectivity index (χ1) is 12.6. The van der Waals surface area contributed by atoms with E-state index < -0.39 is 0 Å². The molecule has 1 aromatic heterocycles. The summed E-state index contributed by atoms with van der Waals surface area (Å²) in [6.07, 6.45) is 3.38. The number of carbonyl (C=O) groups excluding carboxylic acids is 1. The van der Waals surface area contributed by atoms with Crippen LogP contribution in [0, 0.1) is 0 Å². The summed E-state index contributed by atoms with van der Waals surface area (Å²) in [5.74, 6) is 0.706. The average Bonchev–Trinajstić information content (AvgIpc) is 2.68. The average molecular weight is 465 g/mol. The lowest BCUT2D eigenvalue weighted by Crippen LogP contribution is -2.57. The molecule has 2 heterocycles. The maximum atomic E-state index is 12.7. The number of aromatic nitrogens is 1. The number of halogens is 3. The molecule has 1 saturated heterocycles. The highest BCUT2D eigenvalue weighted by Gasteiger charge is 2.27. The number of rotatable bonds is 5. The number of anilines is 2. The largest absolute Gasteiger partial charge is 0.490 e. The van der Waals surface area contributed by atoms with Gasteiger partial charge in [-0.2, -0.15) is 0 Å². The monoisotopic (exact) mass is 463 g/mol. The molecule has 1 aliphatic heterocycles. The number of urea groups is 1. The summed E-state index contributed by atoms with van der Waals surface area (Å²) in [7, 11) is 3.97. The molecule has 2 amide bonds. The highest BCUT2D eigenvalue weighted by Crippen LogP contribution is 2.17. The van der Waals surface area contributed by atoms with Crippen LogP contribution in [0.25, 0.3) is 0 Å². The van der Waals surface area contributed by atoms with Crippen molar-refractivity contribution in [2.45, 2.75) is 6.04 Å². The third kappa shape index (κ3) is 7.78. The smallest absolute Gasteiger partial charge is 0.322 e. The fourth-order valence-corrected chi connectivity index (χ4v) is 2.84. The highest BCUT2D eigenvalue weighted by atomic mass is 35.5. The fraction of sp³-hybridized carbons (Fsp3) is 0.368. The van der Waals surface area contributed by atoms with Crippen molar-refractivity contribution in [3.8, 4) is 5.75 Å². The lowest BCUT2D eigenvalue weighted by molar-refractivity contribution is 0.133. The number of hydrogen-bond acceptors (Lipinski definition) is 5. The summed E-state index contributed by atoms with van der Waals surface area (Å²) >= 11 is 0. The molecule has 1 aliphatic rings. The Morgan fingerprint density at radius 2 is 1.97 bits per heavy atom. The Morgan fingerprint density at radius 1 is 1.24 bits per heavy atom. The lowest BCUT2D eigenvalue weighted by atomic mass is 10.2.